The minimum absolute atomic E-state index is 0.0858. The minimum Gasteiger partial charge on any atom is -0.407 e. The van der Waals surface area contributed by atoms with Gasteiger partial charge in [0.2, 0.25) is 5.89 Å². The molecule has 0 aliphatic carbocycles. The molecule has 0 saturated heterocycles. The van der Waals surface area contributed by atoms with Crippen molar-refractivity contribution in [2.24, 2.45) is 0 Å². The lowest BCUT2D eigenvalue weighted by molar-refractivity contribution is 0.101. The van der Waals surface area contributed by atoms with Crippen molar-refractivity contribution in [2.75, 3.05) is 5.32 Å². The van der Waals surface area contributed by atoms with Crippen molar-refractivity contribution in [1.82, 2.24) is 20.0 Å². The molecule has 1 aromatic carbocycles. The van der Waals surface area contributed by atoms with Crippen molar-refractivity contribution < 1.29 is 9.21 Å². The quantitative estimate of drug-likeness (QED) is 0.779. The largest absolute Gasteiger partial charge is 0.407 e. The third-order valence-electron chi connectivity index (χ3n) is 3.86. The molecule has 0 bridgehead atoms. The molecule has 0 radical (unpaired) electrons. The fourth-order valence-electron chi connectivity index (χ4n) is 2.40. The molecule has 0 saturated carbocycles. The van der Waals surface area contributed by atoms with Crippen LogP contribution in [0, 0.1) is 13.8 Å². The van der Waals surface area contributed by atoms with E-state index >= 15 is 0 Å². The molecule has 7 heteroatoms. The highest BCUT2D eigenvalue weighted by molar-refractivity contribution is 6.01. The average Bonchev–Trinajstić information content (AvgIpc) is 3.20. The van der Waals surface area contributed by atoms with Gasteiger partial charge in [-0.05, 0) is 43.5 Å². The topological polar surface area (TPSA) is 85.8 Å². The van der Waals surface area contributed by atoms with E-state index in [1.54, 1.807) is 16.9 Å². The van der Waals surface area contributed by atoms with Gasteiger partial charge in [0.05, 0.1) is 6.42 Å². The number of carbonyl (C=O) groups is 1. The highest BCUT2D eigenvalue weighted by Crippen LogP contribution is 2.15. The molecule has 124 valence electrons. The zero-order valence-electron chi connectivity index (χ0n) is 13.9. The smallest absolute Gasteiger partial charge is 0.322 e. The van der Waals surface area contributed by atoms with Crippen molar-refractivity contribution in [3.63, 3.8) is 0 Å². The predicted molar refractivity (Wildman–Crippen MR) is 88.9 cm³/mol. The number of amides is 1. The molecular formula is C17H19N5O2. The van der Waals surface area contributed by atoms with E-state index in [4.69, 9.17) is 4.42 Å². The van der Waals surface area contributed by atoms with E-state index < -0.39 is 0 Å². The maximum absolute atomic E-state index is 12.2. The molecule has 0 unspecified atom stereocenters. The molecule has 1 amide bonds. The van der Waals surface area contributed by atoms with Crippen molar-refractivity contribution in [3.8, 4) is 0 Å². The van der Waals surface area contributed by atoms with Crippen LogP contribution in [0.2, 0.25) is 0 Å². The predicted octanol–water partition coefficient (Wildman–Crippen LogP) is 2.75. The van der Waals surface area contributed by atoms with Crippen LogP contribution in [0.4, 0.5) is 6.01 Å². The van der Waals surface area contributed by atoms with Gasteiger partial charge < -0.3 is 4.42 Å². The Morgan fingerprint density at radius 1 is 1.21 bits per heavy atom. The summed E-state index contributed by atoms with van der Waals surface area (Å²) in [6.45, 7) is 6.66. The SMILES string of the molecule is CCn1nccc1C(=O)Nc1nnc(Cc2ccc(C)c(C)c2)o1. The van der Waals surface area contributed by atoms with Crippen LogP contribution in [0.5, 0.6) is 0 Å². The Balaban J connectivity index is 1.69. The summed E-state index contributed by atoms with van der Waals surface area (Å²) in [4.78, 5) is 12.2. The number of aryl methyl sites for hydroxylation is 3. The fourth-order valence-corrected chi connectivity index (χ4v) is 2.40. The first-order valence-electron chi connectivity index (χ1n) is 7.78. The molecule has 0 fully saturated rings. The Hall–Kier alpha value is -2.96. The number of benzene rings is 1. The van der Waals surface area contributed by atoms with E-state index in [0.717, 1.165) is 5.56 Å². The third kappa shape index (κ3) is 3.34. The van der Waals surface area contributed by atoms with Gasteiger partial charge in [-0.1, -0.05) is 23.3 Å². The summed E-state index contributed by atoms with van der Waals surface area (Å²) in [7, 11) is 0. The second kappa shape index (κ2) is 6.66. The number of hydrogen-bond donors (Lipinski definition) is 1. The molecule has 7 nitrogen and oxygen atoms in total. The van der Waals surface area contributed by atoms with Crippen molar-refractivity contribution in [1.29, 1.82) is 0 Å². The molecule has 3 aromatic rings. The molecule has 0 aliphatic heterocycles. The van der Waals surface area contributed by atoms with Crippen molar-refractivity contribution in [3.05, 3.63) is 58.7 Å². The molecule has 3 rings (SSSR count). The van der Waals surface area contributed by atoms with Gasteiger partial charge in [-0.3, -0.25) is 14.8 Å². The molecule has 1 N–H and O–H groups in total. The zero-order valence-corrected chi connectivity index (χ0v) is 13.9. The van der Waals surface area contributed by atoms with Gasteiger partial charge in [0, 0.05) is 12.7 Å². The molecular weight excluding hydrogens is 306 g/mol. The lowest BCUT2D eigenvalue weighted by Crippen LogP contribution is -2.17. The summed E-state index contributed by atoms with van der Waals surface area (Å²) in [5.41, 5.74) is 3.99. The maximum atomic E-state index is 12.2. The van der Waals surface area contributed by atoms with Gasteiger partial charge in [-0.15, -0.1) is 5.10 Å². The molecule has 2 heterocycles. The van der Waals surface area contributed by atoms with Crippen LogP contribution in [0.15, 0.2) is 34.9 Å². The van der Waals surface area contributed by atoms with E-state index in [2.05, 4.69) is 46.6 Å². The van der Waals surface area contributed by atoms with Gasteiger partial charge in [0.1, 0.15) is 5.69 Å². The minimum atomic E-state index is -0.323. The van der Waals surface area contributed by atoms with E-state index in [1.807, 2.05) is 13.0 Å². The van der Waals surface area contributed by atoms with Crippen molar-refractivity contribution in [2.45, 2.75) is 33.7 Å². The van der Waals surface area contributed by atoms with E-state index in [1.165, 1.54) is 11.1 Å². The summed E-state index contributed by atoms with van der Waals surface area (Å²) >= 11 is 0. The fraction of sp³-hybridized carbons (Fsp3) is 0.294. The summed E-state index contributed by atoms with van der Waals surface area (Å²) in [5, 5.41) is 14.5. The van der Waals surface area contributed by atoms with Crippen LogP contribution in [-0.2, 0) is 13.0 Å². The molecule has 24 heavy (non-hydrogen) atoms. The van der Waals surface area contributed by atoms with Crippen molar-refractivity contribution >= 4 is 11.9 Å². The molecule has 0 spiro atoms. The third-order valence-corrected chi connectivity index (χ3v) is 3.86. The Kier molecular flexibility index (Phi) is 4.41. The maximum Gasteiger partial charge on any atom is 0.322 e. The number of anilines is 1. The molecule has 0 aliphatic rings. The number of nitrogens with zero attached hydrogens (tertiary/aromatic N) is 4. The van der Waals surface area contributed by atoms with Gasteiger partial charge in [0.15, 0.2) is 0 Å². The zero-order chi connectivity index (χ0) is 17.1. The van der Waals surface area contributed by atoms with Gasteiger partial charge in [-0.2, -0.15) is 5.10 Å². The second-order valence-corrected chi connectivity index (χ2v) is 5.58. The summed E-state index contributed by atoms with van der Waals surface area (Å²) in [6.07, 6.45) is 2.11. The Bertz CT molecular complexity index is 866. The summed E-state index contributed by atoms with van der Waals surface area (Å²) < 4.78 is 7.11. The van der Waals surface area contributed by atoms with E-state index in [0.29, 0.717) is 24.6 Å². The Morgan fingerprint density at radius 2 is 2.04 bits per heavy atom. The number of carbonyl (C=O) groups excluding carboxylic acids is 1. The van der Waals surface area contributed by atoms with E-state index in [9.17, 15) is 4.79 Å². The van der Waals surface area contributed by atoms with Crippen LogP contribution in [0.25, 0.3) is 0 Å². The summed E-state index contributed by atoms with van der Waals surface area (Å²) in [5.74, 6) is 0.133. The first-order chi connectivity index (χ1) is 11.6. The number of hydrogen-bond acceptors (Lipinski definition) is 5. The van der Waals surface area contributed by atoms with Crippen LogP contribution in [0.3, 0.4) is 0 Å². The lowest BCUT2D eigenvalue weighted by Gasteiger charge is -2.03. The van der Waals surface area contributed by atoms with Crippen LogP contribution < -0.4 is 5.32 Å². The van der Waals surface area contributed by atoms with E-state index in [-0.39, 0.29) is 11.9 Å². The monoisotopic (exact) mass is 325 g/mol. The van der Waals surface area contributed by atoms with Crippen LogP contribution >= 0.6 is 0 Å². The standard InChI is InChI=1S/C17H19N5O2/c1-4-22-14(7-8-18-22)16(23)19-17-21-20-15(24-17)10-13-6-5-11(2)12(3)9-13/h5-9H,4,10H2,1-3H3,(H,19,21,23). The Labute approximate surface area is 139 Å². The average molecular weight is 325 g/mol. The first kappa shape index (κ1) is 15.9. The first-order valence-corrected chi connectivity index (χ1v) is 7.78. The normalized spacial score (nSPS) is 10.8. The van der Waals surface area contributed by atoms with Crippen LogP contribution in [0.1, 0.15) is 40.0 Å². The van der Waals surface area contributed by atoms with Crippen LogP contribution in [-0.4, -0.2) is 25.9 Å². The Morgan fingerprint density at radius 3 is 2.79 bits per heavy atom. The molecule has 0 atom stereocenters. The number of aromatic nitrogens is 4. The molecule has 2 aromatic heterocycles. The highest BCUT2D eigenvalue weighted by atomic mass is 16.4. The second-order valence-electron chi connectivity index (χ2n) is 5.58. The van der Waals surface area contributed by atoms with Gasteiger partial charge >= 0.3 is 6.01 Å². The van der Waals surface area contributed by atoms with Gasteiger partial charge in [-0.25, -0.2) is 0 Å². The number of nitrogens with one attached hydrogen (secondary N) is 1. The highest BCUT2D eigenvalue weighted by Gasteiger charge is 2.15. The van der Waals surface area contributed by atoms with Gasteiger partial charge in [0.25, 0.3) is 5.91 Å². The lowest BCUT2D eigenvalue weighted by atomic mass is 10.0. The summed E-state index contributed by atoms with van der Waals surface area (Å²) in [6, 6.07) is 7.92. The number of rotatable bonds is 5.